The van der Waals surface area contributed by atoms with Gasteiger partial charge in [-0.1, -0.05) is 6.58 Å². The molecule has 0 saturated heterocycles. The molecule has 0 aromatic carbocycles. The predicted octanol–water partition coefficient (Wildman–Crippen LogP) is 3.08. The molecule has 0 aliphatic carbocycles. The topological polar surface area (TPSA) is 38.1 Å². The Balaban J connectivity index is 3.35. The van der Waals surface area contributed by atoms with E-state index in [1.54, 1.807) is 6.92 Å². The molecule has 0 fully saturated rings. The van der Waals surface area contributed by atoms with Crippen LogP contribution in [0.2, 0.25) is 0 Å². The van der Waals surface area contributed by atoms with Crippen molar-refractivity contribution in [3.8, 4) is 0 Å². The van der Waals surface area contributed by atoms with Crippen LogP contribution in [0.5, 0.6) is 0 Å². The first-order chi connectivity index (χ1) is 7.34. The van der Waals surface area contributed by atoms with Crippen LogP contribution in [-0.2, 0) is 6.18 Å². The summed E-state index contributed by atoms with van der Waals surface area (Å²) in [6.07, 6.45) is -2.41. The van der Waals surface area contributed by atoms with Gasteiger partial charge in [0.05, 0.1) is 0 Å². The number of halogens is 3. The number of hydrogen-bond acceptors (Lipinski definition) is 3. The molecule has 0 spiro atoms. The molecule has 0 aliphatic heterocycles. The Morgan fingerprint density at radius 3 is 2.62 bits per heavy atom. The number of allylic oxidation sites excluding steroid dienone is 1. The average Bonchev–Trinajstić information content (AvgIpc) is 2.15. The van der Waals surface area contributed by atoms with E-state index < -0.39 is 11.7 Å². The minimum absolute atomic E-state index is 0.239. The average molecular weight is 229 g/mol. The highest BCUT2D eigenvalue weighted by atomic mass is 19.4. The van der Waals surface area contributed by atoms with Crippen molar-refractivity contribution >= 4 is 11.5 Å². The molecule has 1 aromatic rings. The van der Waals surface area contributed by atoms with Crippen LogP contribution in [0.4, 0.5) is 19.0 Å². The number of aryl methyl sites for hydroxylation is 1. The Kier molecular flexibility index (Phi) is 3.41. The number of hydrogen-bond donors (Lipinski definition) is 0. The van der Waals surface area contributed by atoms with Crippen molar-refractivity contribution in [2.24, 2.45) is 4.99 Å². The first-order valence-electron chi connectivity index (χ1n) is 4.43. The molecule has 6 heteroatoms. The molecule has 86 valence electrons. The van der Waals surface area contributed by atoms with E-state index in [-0.39, 0.29) is 11.6 Å². The third-order valence-electron chi connectivity index (χ3n) is 1.77. The molecule has 0 bridgehead atoms. The molecule has 3 nitrogen and oxygen atoms in total. The molecule has 0 unspecified atom stereocenters. The minimum atomic E-state index is -4.51. The monoisotopic (exact) mass is 229 g/mol. The van der Waals surface area contributed by atoms with Crippen molar-refractivity contribution in [3.63, 3.8) is 0 Å². The Morgan fingerprint density at radius 1 is 1.50 bits per heavy atom. The van der Waals surface area contributed by atoms with Gasteiger partial charge in [0.2, 0.25) is 0 Å². The van der Waals surface area contributed by atoms with E-state index in [1.165, 1.54) is 13.0 Å². The Bertz CT molecular complexity index is 435. The fraction of sp³-hybridized carbons (Fsp3) is 0.300. The fourth-order valence-corrected chi connectivity index (χ4v) is 0.956. The third kappa shape index (κ3) is 2.88. The van der Waals surface area contributed by atoms with E-state index in [1.807, 2.05) is 0 Å². The van der Waals surface area contributed by atoms with E-state index in [4.69, 9.17) is 0 Å². The first kappa shape index (κ1) is 12.4. The first-order valence-corrected chi connectivity index (χ1v) is 4.43. The lowest BCUT2D eigenvalue weighted by molar-refractivity contribution is -0.137. The second-order valence-corrected chi connectivity index (χ2v) is 3.11. The Hall–Kier alpha value is -1.72. The predicted molar refractivity (Wildman–Crippen MR) is 54.7 cm³/mol. The summed E-state index contributed by atoms with van der Waals surface area (Å²) in [4.78, 5) is 10.9. The highest BCUT2D eigenvalue weighted by molar-refractivity contribution is 5.94. The minimum Gasteiger partial charge on any atom is -0.241 e. The number of rotatable bonds is 2. The molecule has 0 amide bonds. The lowest BCUT2D eigenvalue weighted by Gasteiger charge is -2.08. The van der Waals surface area contributed by atoms with Crippen molar-refractivity contribution in [1.29, 1.82) is 0 Å². The second kappa shape index (κ2) is 4.42. The summed E-state index contributed by atoms with van der Waals surface area (Å²) in [6.45, 7) is 6.46. The van der Waals surface area contributed by atoms with Gasteiger partial charge < -0.3 is 0 Å². The molecule has 0 atom stereocenters. The van der Waals surface area contributed by atoms with Crippen LogP contribution < -0.4 is 0 Å². The van der Waals surface area contributed by atoms with Crippen molar-refractivity contribution in [2.45, 2.75) is 20.0 Å². The highest BCUT2D eigenvalue weighted by Gasteiger charge is 2.35. The van der Waals surface area contributed by atoms with Crippen molar-refractivity contribution < 1.29 is 13.2 Å². The molecular formula is C10H10F3N3. The summed E-state index contributed by atoms with van der Waals surface area (Å²) in [7, 11) is 0. The van der Waals surface area contributed by atoms with Crippen LogP contribution >= 0.6 is 0 Å². The highest BCUT2D eigenvalue weighted by Crippen LogP contribution is 2.34. The van der Waals surface area contributed by atoms with Crippen LogP contribution in [0.15, 0.2) is 23.8 Å². The fourth-order valence-electron chi connectivity index (χ4n) is 0.956. The van der Waals surface area contributed by atoms with Gasteiger partial charge in [0, 0.05) is 11.9 Å². The zero-order valence-electron chi connectivity index (χ0n) is 8.84. The number of alkyl halides is 3. The SMILES string of the molecule is C=CC(C)=Nc1nc(C)ncc1C(F)(F)F. The van der Waals surface area contributed by atoms with E-state index in [0.717, 1.165) is 6.20 Å². The summed E-state index contributed by atoms with van der Waals surface area (Å²) in [6, 6.07) is 0. The molecule has 0 aliphatic rings. The maximum Gasteiger partial charge on any atom is 0.421 e. The smallest absolute Gasteiger partial charge is 0.241 e. The van der Waals surface area contributed by atoms with E-state index in [2.05, 4.69) is 21.5 Å². The van der Waals surface area contributed by atoms with Gasteiger partial charge in [-0.2, -0.15) is 13.2 Å². The maximum atomic E-state index is 12.6. The van der Waals surface area contributed by atoms with Crippen LogP contribution in [0.1, 0.15) is 18.3 Å². The summed E-state index contributed by atoms with van der Waals surface area (Å²) < 4.78 is 37.7. The van der Waals surface area contributed by atoms with Crippen LogP contribution in [-0.4, -0.2) is 15.7 Å². The Morgan fingerprint density at radius 2 is 2.12 bits per heavy atom. The van der Waals surface area contributed by atoms with Crippen LogP contribution in [0, 0.1) is 6.92 Å². The summed E-state index contributed by atoms with van der Waals surface area (Å²) in [5, 5.41) is 0. The van der Waals surface area contributed by atoms with Gasteiger partial charge in [-0.05, 0) is 19.9 Å². The van der Waals surface area contributed by atoms with Crippen LogP contribution in [0.25, 0.3) is 0 Å². The molecule has 0 radical (unpaired) electrons. The summed E-state index contributed by atoms with van der Waals surface area (Å²) >= 11 is 0. The summed E-state index contributed by atoms with van der Waals surface area (Å²) in [5.41, 5.74) is -0.581. The lowest BCUT2D eigenvalue weighted by atomic mass is 10.3. The van der Waals surface area contributed by atoms with Gasteiger partial charge in [-0.25, -0.2) is 15.0 Å². The molecule has 1 rings (SSSR count). The molecule has 16 heavy (non-hydrogen) atoms. The summed E-state index contributed by atoms with van der Waals surface area (Å²) in [5.74, 6) is -0.138. The third-order valence-corrected chi connectivity index (χ3v) is 1.77. The quantitative estimate of drug-likeness (QED) is 0.731. The van der Waals surface area contributed by atoms with Crippen LogP contribution in [0.3, 0.4) is 0 Å². The van der Waals surface area contributed by atoms with E-state index in [9.17, 15) is 13.2 Å². The molecule has 1 aromatic heterocycles. The normalized spacial score (nSPS) is 12.7. The van der Waals surface area contributed by atoms with Gasteiger partial charge in [-0.15, -0.1) is 0 Å². The van der Waals surface area contributed by atoms with Crippen molar-refractivity contribution in [3.05, 3.63) is 30.2 Å². The molecule has 1 heterocycles. The zero-order chi connectivity index (χ0) is 12.3. The van der Waals surface area contributed by atoms with Crippen molar-refractivity contribution in [1.82, 2.24) is 9.97 Å². The number of nitrogens with zero attached hydrogens (tertiary/aromatic N) is 3. The molecule has 0 saturated carbocycles. The van der Waals surface area contributed by atoms with E-state index >= 15 is 0 Å². The van der Waals surface area contributed by atoms with Gasteiger partial charge in [-0.3, -0.25) is 0 Å². The van der Waals surface area contributed by atoms with Gasteiger partial charge in [0.15, 0.2) is 5.82 Å². The van der Waals surface area contributed by atoms with Gasteiger partial charge >= 0.3 is 6.18 Å². The van der Waals surface area contributed by atoms with E-state index in [0.29, 0.717) is 5.71 Å². The number of aromatic nitrogens is 2. The number of aliphatic imine (C=N–C) groups is 1. The zero-order valence-corrected chi connectivity index (χ0v) is 8.84. The largest absolute Gasteiger partial charge is 0.421 e. The standard InChI is InChI=1S/C10H10F3N3/c1-4-6(2)15-9-8(10(11,12)13)5-14-7(3)16-9/h4-5H,1H2,2-3H3. The molecular weight excluding hydrogens is 219 g/mol. The second-order valence-electron chi connectivity index (χ2n) is 3.11. The maximum absolute atomic E-state index is 12.6. The van der Waals surface area contributed by atoms with Gasteiger partial charge in [0.25, 0.3) is 0 Å². The van der Waals surface area contributed by atoms with Crippen molar-refractivity contribution in [2.75, 3.05) is 0 Å². The molecule has 0 N–H and O–H groups in total. The van der Waals surface area contributed by atoms with Gasteiger partial charge in [0.1, 0.15) is 11.4 Å². The Labute approximate surface area is 90.8 Å². The lowest BCUT2D eigenvalue weighted by Crippen LogP contribution is -2.08.